The lowest BCUT2D eigenvalue weighted by Crippen LogP contribution is -2.34. The number of benzene rings is 2. The van der Waals surface area contributed by atoms with Crippen molar-refractivity contribution in [1.82, 2.24) is 0 Å². The van der Waals surface area contributed by atoms with Gasteiger partial charge < -0.3 is 23.8 Å². The predicted molar refractivity (Wildman–Crippen MR) is 121 cm³/mol. The van der Waals surface area contributed by atoms with Crippen LogP contribution in [0.2, 0.25) is 0 Å². The summed E-state index contributed by atoms with van der Waals surface area (Å²) < 4.78 is 21.8. The highest BCUT2D eigenvalue weighted by molar-refractivity contribution is 7.09. The van der Waals surface area contributed by atoms with E-state index in [0.29, 0.717) is 48.3 Å². The summed E-state index contributed by atoms with van der Waals surface area (Å²) in [6.45, 7) is 2.78. The molecule has 0 radical (unpaired) electrons. The van der Waals surface area contributed by atoms with Crippen LogP contribution in [0.3, 0.4) is 0 Å². The minimum atomic E-state index is -0.588. The van der Waals surface area contributed by atoms with Gasteiger partial charge in [-0.3, -0.25) is 4.79 Å². The van der Waals surface area contributed by atoms with Gasteiger partial charge in [-0.2, -0.15) is 0 Å². The molecule has 4 rings (SSSR count). The molecule has 0 atom stereocenters. The van der Waals surface area contributed by atoms with E-state index >= 15 is 0 Å². The summed E-state index contributed by atoms with van der Waals surface area (Å²) in [5, 5.41) is 1.95. The second-order valence-electron chi connectivity index (χ2n) is 7.15. The Labute approximate surface area is 190 Å². The molecule has 0 spiro atoms. The van der Waals surface area contributed by atoms with Gasteiger partial charge in [-0.15, -0.1) is 11.3 Å². The molecule has 1 amide bonds. The molecule has 1 aliphatic heterocycles. The molecule has 7 nitrogen and oxygen atoms in total. The highest BCUT2D eigenvalue weighted by atomic mass is 32.1. The maximum Gasteiger partial charge on any atom is 0.338 e. The third kappa shape index (κ3) is 4.86. The number of carbonyl (C=O) groups is 2. The van der Waals surface area contributed by atoms with E-state index in [1.807, 2.05) is 24.4 Å². The lowest BCUT2D eigenvalue weighted by atomic mass is 10.1. The SMILES string of the molecule is COc1cc(C(=O)OCC(=O)N(Cc2cccs2)c2ccc3c(c2)OCCO3)ccc1C. The Kier molecular flexibility index (Phi) is 6.61. The summed E-state index contributed by atoms with van der Waals surface area (Å²) in [7, 11) is 1.54. The topological polar surface area (TPSA) is 74.3 Å². The van der Waals surface area contributed by atoms with Crippen molar-refractivity contribution in [2.75, 3.05) is 31.8 Å². The molecular formula is C24H23NO6S. The molecule has 0 aliphatic carbocycles. The van der Waals surface area contributed by atoms with Crippen molar-refractivity contribution in [2.24, 2.45) is 0 Å². The molecule has 0 saturated carbocycles. The number of anilines is 1. The van der Waals surface area contributed by atoms with Crippen LogP contribution in [0.15, 0.2) is 53.9 Å². The first-order valence-electron chi connectivity index (χ1n) is 10.1. The Morgan fingerprint density at radius 3 is 2.62 bits per heavy atom. The maximum atomic E-state index is 13.1. The van der Waals surface area contributed by atoms with Crippen molar-refractivity contribution < 1.29 is 28.5 Å². The Hall–Kier alpha value is -3.52. The summed E-state index contributed by atoms with van der Waals surface area (Å²) >= 11 is 1.55. The average molecular weight is 454 g/mol. The van der Waals surface area contributed by atoms with Crippen LogP contribution in [-0.4, -0.2) is 38.8 Å². The minimum Gasteiger partial charge on any atom is -0.496 e. The third-order valence-corrected chi connectivity index (χ3v) is 5.86. The van der Waals surface area contributed by atoms with Crippen LogP contribution in [0.5, 0.6) is 17.2 Å². The first-order valence-corrected chi connectivity index (χ1v) is 11.0. The molecule has 8 heteroatoms. The van der Waals surface area contributed by atoms with Gasteiger partial charge in [-0.25, -0.2) is 4.79 Å². The normalized spacial score (nSPS) is 12.2. The van der Waals surface area contributed by atoms with Gasteiger partial charge in [0.25, 0.3) is 5.91 Å². The number of thiophene rings is 1. The number of aryl methyl sites for hydroxylation is 1. The summed E-state index contributed by atoms with van der Waals surface area (Å²) in [6, 6.07) is 14.3. The lowest BCUT2D eigenvalue weighted by Gasteiger charge is -2.25. The van der Waals surface area contributed by atoms with E-state index in [1.54, 1.807) is 52.6 Å². The number of hydrogen-bond donors (Lipinski definition) is 0. The van der Waals surface area contributed by atoms with E-state index in [-0.39, 0.29) is 5.91 Å². The first-order chi connectivity index (χ1) is 15.5. The highest BCUT2D eigenvalue weighted by Gasteiger charge is 2.22. The first kappa shape index (κ1) is 21.7. The number of rotatable bonds is 7. The highest BCUT2D eigenvalue weighted by Crippen LogP contribution is 2.34. The second-order valence-corrected chi connectivity index (χ2v) is 8.18. The fourth-order valence-electron chi connectivity index (χ4n) is 3.32. The number of fused-ring (bicyclic) bond motifs is 1. The molecule has 0 fully saturated rings. The number of amides is 1. The van der Waals surface area contributed by atoms with Gasteiger partial charge >= 0.3 is 5.97 Å². The summed E-state index contributed by atoms with van der Waals surface area (Å²) in [4.78, 5) is 28.2. The van der Waals surface area contributed by atoms with Gasteiger partial charge in [0.05, 0.1) is 19.2 Å². The van der Waals surface area contributed by atoms with Crippen molar-refractivity contribution >= 4 is 28.9 Å². The smallest absolute Gasteiger partial charge is 0.338 e. The van der Waals surface area contributed by atoms with Crippen LogP contribution in [0, 0.1) is 6.92 Å². The number of ether oxygens (including phenoxy) is 4. The van der Waals surface area contributed by atoms with Gasteiger partial charge in [0, 0.05) is 16.6 Å². The zero-order valence-corrected chi connectivity index (χ0v) is 18.6. The van der Waals surface area contributed by atoms with Gasteiger partial charge in [-0.05, 0) is 48.2 Å². The molecule has 32 heavy (non-hydrogen) atoms. The molecule has 0 N–H and O–H groups in total. The van der Waals surface area contributed by atoms with Crippen LogP contribution in [-0.2, 0) is 16.1 Å². The van der Waals surface area contributed by atoms with Gasteiger partial charge in [0.15, 0.2) is 18.1 Å². The molecule has 1 aliphatic rings. The Morgan fingerprint density at radius 1 is 1.06 bits per heavy atom. The van der Waals surface area contributed by atoms with E-state index in [9.17, 15) is 9.59 Å². The van der Waals surface area contributed by atoms with Crippen LogP contribution in [0.25, 0.3) is 0 Å². The van der Waals surface area contributed by atoms with E-state index in [0.717, 1.165) is 10.4 Å². The van der Waals surface area contributed by atoms with E-state index in [2.05, 4.69) is 0 Å². The molecular weight excluding hydrogens is 430 g/mol. The van der Waals surface area contributed by atoms with Crippen molar-refractivity contribution in [3.8, 4) is 17.2 Å². The summed E-state index contributed by atoms with van der Waals surface area (Å²) in [6.07, 6.45) is 0. The predicted octanol–water partition coefficient (Wildman–Crippen LogP) is 4.23. The Morgan fingerprint density at radius 2 is 1.88 bits per heavy atom. The zero-order chi connectivity index (χ0) is 22.5. The van der Waals surface area contributed by atoms with E-state index in [1.165, 1.54) is 7.11 Å². The van der Waals surface area contributed by atoms with Crippen LogP contribution < -0.4 is 19.1 Å². The molecule has 2 aromatic carbocycles. The molecule has 3 aromatic rings. The van der Waals surface area contributed by atoms with Crippen molar-refractivity contribution in [3.05, 3.63) is 69.9 Å². The summed E-state index contributed by atoms with van der Waals surface area (Å²) in [5.41, 5.74) is 1.87. The summed E-state index contributed by atoms with van der Waals surface area (Å²) in [5.74, 6) is 0.878. The number of hydrogen-bond acceptors (Lipinski definition) is 7. The van der Waals surface area contributed by atoms with Crippen molar-refractivity contribution in [3.63, 3.8) is 0 Å². The van der Waals surface area contributed by atoms with Gasteiger partial charge in [-0.1, -0.05) is 12.1 Å². The number of esters is 1. The van der Waals surface area contributed by atoms with Crippen molar-refractivity contribution in [1.29, 1.82) is 0 Å². The Balaban J connectivity index is 1.51. The van der Waals surface area contributed by atoms with Gasteiger partial charge in [0.2, 0.25) is 0 Å². The Bertz CT molecular complexity index is 1110. The fourth-order valence-corrected chi connectivity index (χ4v) is 4.01. The number of nitrogens with zero attached hydrogens (tertiary/aromatic N) is 1. The number of carbonyl (C=O) groups excluding carboxylic acids is 2. The molecule has 0 unspecified atom stereocenters. The third-order valence-electron chi connectivity index (χ3n) is 5.00. The lowest BCUT2D eigenvalue weighted by molar-refractivity contribution is -0.121. The second kappa shape index (κ2) is 9.74. The largest absolute Gasteiger partial charge is 0.496 e. The van der Waals surface area contributed by atoms with Gasteiger partial charge in [0.1, 0.15) is 19.0 Å². The molecule has 1 aromatic heterocycles. The molecule has 0 bridgehead atoms. The standard InChI is InChI=1S/C24H23NO6S/c1-16-5-6-17(12-21(16)28-2)24(27)31-15-23(26)25(14-19-4-3-11-32-19)18-7-8-20-22(13-18)30-10-9-29-20/h3-8,11-13H,9-10,14-15H2,1-2H3. The molecule has 2 heterocycles. The molecule has 0 saturated heterocycles. The van der Waals surface area contributed by atoms with E-state index < -0.39 is 12.6 Å². The minimum absolute atomic E-state index is 0.324. The zero-order valence-electron chi connectivity index (χ0n) is 17.8. The fraction of sp³-hybridized carbons (Fsp3) is 0.250. The quantitative estimate of drug-likeness (QED) is 0.499. The van der Waals surface area contributed by atoms with Crippen LogP contribution in [0.4, 0.5) is 5.69 Å². The van der Waals surface area contributed by atoms with Crippen LogP contribution in [0.1, 0.15) is 20.8 Å². The monoisotopic (exact) mass is 453 g/mol. The molecule has 166 valence electrons. The van der Waals surface area contributed by atoms with E-state index in [4.69, 9.17) is 18.9 Å². The van der Waals surface area contributed by atoms with Crippen LogP contribution >= 0.6 is 11.3 Å². The maximum absolute atomic E-state index is 13.1. The number of methoxy groups -OCH3 is 1. The van der Waals surface area contributed by atoms with Crippen molar-refractivity contribution in [2.45, 2.75) is 13.5 Å². The average Bonchev–Trinajstić information content (AvgIpc) is 3.34.